The molecule has 0 spiro atoms. The highest BCUT2D eigenvalue weighted by atomic mass is 32.1. The zero-order valence-electron chi connectivity index (χ0n) is 9.10. The second-order valence-electron chi connectivity index (χ2n) is 4.12. The van der Waals surface area contributed by atoms with Gasteiger partial charge in [-0.2, -0.15) is 30.4 Å². The predicted molar refractivity (Wildman–Crippen MR) is 72.2 cm³/mol. The molecule has 2 aromatic rings. The Balaban J connectivity index is 2.62. The summed E-state index contributed by atoms with van der Waals surface area (Å²) in [4.78, 5) is 26.3. The molecule has 2 N–H and O–H groups in total. The highest BCUT2D eigenvalue weighted by Crippen LogP contribution is 2.16. The maximum absolute atomic E-state index is 12.0. The van der Waals surface area contributed by atoms with Crippen LogP contribution >= 0.6 is 25.3 Å². The number of hydrogen-bond donors (Lipinski definition) is 4. The van der Waals surface area contributed by atoms with Crippen LogP contribution in [0.25, 0.3) is 11.0 Å². The van der Waals surface area contributed by atoms with E-state index in [0.29, 0.717) is 11.1 Å². The fourth-order valence-electron chi connectivity index (χ4n) is 1.49. The van der Waals surface area contributed by atoms with Crippen molar-refractivity contribution >= 4 is 36.3 Å². The second kappa shape index (κ2) is 4.26. The summed E-state index contributed by atoms with van der Waals surface area (Å²) >= 11 is 8.50. The van der Waals surface area contributed by atoms with Gasteiger partial charge in [-0.05, 0) is 6.92 Å². The van der Waals surface area contributed by atoms with E-state index < -0.39 is 10.4 Å². The van der Waals surface area contributed by atoms with E-state index in [0.717, 1.165) is 4.57 Å². The maximum Gasteiger partial charge on any atom is 0.330 e. The van der Waals surface area contributed by atoms with E-state index in [4.69, 9.17) is 0 Å². The summed E-state index contributed by atoms with van der Waals surface area (Å²) in [6.07, 6.45) is 1.46. The van der Waals surface area contributed by atoms with Gasteiger partial charge in [0.25, 0.3) is 5.56 Å². The molecule has 2 aromatic heterocycles. The van der Waals surface area contributed by atoms with Gasteiger partial charge in [-0.1, -0.05) is 0 Å². The molecule has 0 aromatic carbocycles. The van der Waals surface area contributed by atoms with Crippen molar-refractivity contribution in [2.24, 2.45) is 0 Å². The summed E-state index contributed by atoms with van der Waals surface area (Å²) < 4.78 is 0.582. The van der Waals surface area contributed by atoms with Crippen LogP contribution in [0.2, 0.25) is 0 Å². The predicted octanol–water partition coefficient (Wildman–Crippen LogP) is 0.0312. The van der Waals surface area contributed by atoms with Crippen molar-refractivity contribution in [2.45, 2.75) is 18.2 Å². The Bertz CT molecular complexity index is 655. The molecule has 0 aliphatic rings. The topological polar surface area (TPSA) is 83.5 Å². The van der Waals surface area contributed by atoms with Crippen LogP contribution in [0.3, 0.4) is 0 Å². The van der Waals surface area contributed by atoms with Crippen LogP contribution in [0.15, 0.2) is 15.8 Å². The van der Waals surface area contributed by atoms with Gasteiger partial charge >= 0.3 is 5.69 Å². The molecule has 92 valence electrons. The lowest BCUT2D eigenvalue weighted by Crippen LogP contribution is -2.41. The van der Waals surface area contributed by atoms with Crippen molar-refractivity contribution in [2.75, 3.05) is 5.75 Å². The van der Waals surface area contributed by atoms with Crippen LogP contribution in [0.1, 0.15) is 6.92 Å². The monoisotopic (exact) mass is 272 g/mol. The Morgan fingerprint density at radius 2 is 2.24 bits per heavy atom. The summed E-state index contributed by atoms with van der Waals surface area (Å²) in [5.74, 6) is 0.450. The van der Waals surface area contributed by atoms with E-state index in [-0.39, 0.29) is 17.8 Å². The lowest BCUT2D eigenvalue weighted by molar-refractivity contribution is 0.544. The Hall–Kier alpha value is -1.15. The van der Waals surface area contributed by atoms with E-state index in [2.05, 4.69) is 40.4 Å². The zero-order valence-corrected chi connectivity index (χ0v) is 10.9. The first-order valence-corrected chi connectivity index (χ1v) is 6.02. The Morgan fingerprint density at radius 3 is 2.88 bits per heavy atom. The van der Waals surface area contributed by atoms with E-state index in [1.54, 1.807) is 0 Å². The molecule has 0 aliphatic carbocycles. The number of nitrogens with one attached hydrogen (secondary N) is 2. The highest BCUT2D eigenvalue weighted by Gasteiger charge is 2.21. The Kier molecular flexibility index (Phi) is 3.09. The van der Waals surface area contributed by atoms with Gasteiger partial charge in [0, 0.05) is 23.2 Å². The van der Waals surface area contributed by atoms with Crippen molar-refractivity contribution in [3.63, 3.8) is 0 Å². The van der Waals surface area contributed by atoms with Gasteiger partial charge in [-0.3, -0.25) is 19.4 Å². The molecule has 0 bridgehead atoms. The number of aromatic amines is 2. The molecule has 8 heteroatoms. The zero-order chi connectivity index (χ0) is 12.6. The maximum atomic E-state index is 12.0. The molecule has 6 nitrogen and oxygen atoms in total. The van der Waals surface area contributed by atoms with Gasteiger partial charge in [0.05, 0.1) is 0 Å². The lowest BCUT2D eigenvalue weighted by Gasteiger charge is -2.21. The number of fused-ring (bicyclic) bond motifs is 1. The van der Waals surface area contributed by atoms with Crippen LogP contribution in [0, 0.1) is 0 Å². The molecule has 0 fully saturated rings. The smallest absolute Gasteiger partial charge is 0.290 e. The molecule has 0 aliphatic heterocycles. The van der Waals surface area contributed by atoms with Crippen molar-refractivity contribution in [1.82, 2.24) is 19.7 Å². The summed E-state index contributed by atoms with van der Waals surface area (Å²) in [6.45, 7) is 2.00. The number of hydrogen-bond acceptors (Lipinski definition) is 5. The van der Waals surface area contributed by atoms with Gasteiger partial charge in [0.15, 0.2) is 5.65 Å². The number of rotatable bonds is 3. The molecule has 0 saturated heterocycles. The molecule has 2 heterocycles. The summed E-state index contributed by atoms with van der Waals surface area (Å²) in [7, 11) is 0. The minimum absolute atomic E-state index is 0.189. The first-order valence-electron chi connectivity index (χ1n) is 4.94. The summed E-state index contributed by atoms with van der Waals surface area (Å²) in [6, 6.07) is 0. The van der Waals surface area contributed by atoms with Crippen LogP contribution < -0.4 is 11.2 Å². The standard InChI is InChI=1S/C9H12N4O2S2/c1-9(17,4-16)3-13-7(14)5-2-10-12-6(5)11-8(13)15/h2,16-17H,3-4H2,1H3,(H2,10,11,12,15). The van der Waals surface area contributed by atoms with E-state index in [1.165, 1.54) is 6.20 Å². The van der Waals surface area contributed by atoms with Crippen molar-refractivity contribution < 1.29 is 0 Å². The SMILES string of the molecule is CC(S)(CS)Cn1c(=O)[nH]c2n[nH]cc2c1=O. The fraction of sp³-hybridized carbons (Fsp3) is 0.444. The van der Waals surface area contributed by atoms with E-state index in [9.17, 15) is 9.59 Å². The quantitative estimate of drug-likeness (QED) is 0.595. The van der Waals surface area contributed by atoms with Crippen LogP contribution in [0.4, 0.5) is 0 Å². The second-order valence-corrected chi connectivity index (χ2v) is 5.52. The first-order chi connectivity index (χ1) is 7.94. The lowest BCUT2D eigenvalue weighted by atomic mass is 10.2. The first kappa shape index (κ1) is 12.3. The minimum Gasteiger partial charge on any atom is -0.290 e. The van der Waals surface area contributed by atoms with Gasteiger partial charge in [-0.25, -0.2) is 4.79 Å². The fourth-order valence-corrected chi connectivity index (χ4v) is 1.73. The van der Waals surface area contributed by atoms with Gasteiger partial charge in [0.1, 0.15) is 5.39 Å². The minimum atomic E-state index is -0.530. The molecule has 0 saturated carbocycles. The van der Waals surface area contributed by atoms with E-state index in [1.807, 2.05) is 6.92 Å². The molecule has 0 radical (unpaired) electrons. The highest BCUT2D eigenvalue weighted by molar-refractivity contribution is 7.85. The molecule has 1 atom stereocenters. The third-order valence-corrected chi connectivity index (χ3v) is 3.67. The number of nitrogens with zero attached hydrogens (tertiary/aromatic N) is 2. The average Bonchev–Trinajstić information content (AvgIpc) is 2.72. The number of H-pyrrole nitrogens is 2. The van der Waals surface area contributed by atoms with Crippen LogP contribution in [-0.4, -0.2) is 30.2 Å². The summed E-state index contributed by atoms with van der Waals surface area (Å²) in [5, 5.41) is 6.67. The van der Waals surface area contributed by atoms with Crippen molar-refractivity contribution in [3.8, 4) is 0 Å². The average molecular weight is 272 g/mol. The molecule has 2 rings (SSSR count). The molecule has 17 heavy (non-hydrogen) atoms. The normalized spacial score (nSPS) is 15.0. The third-order valence-electron chi connectivity index (χ3n) is 2.43. The molecular weight excluding hydrogens is 260 g/mol. The van der Waals surface area contributed by atoms with Gasteiger partial charge in [0.2, 0.25) is 0 Å². The Morgan fingerprint density at radius 1 is 1.53 bits per heavy atom. The van der Waals surface area contributed by atoms with Crippen molar-refractivity contribution in [3.05, 3.63) is 27.0 Å². The number of thiol groups is 2. The number of aromatic nitrogens is 4. The largest absolute Gasteiger partial charge is 0.330 e. The van der Waals surface area contributed by atoms with Gasteiger partial charge in [-0.15, -0.1) is 0 Å². The molecule has 0 amide bonds. The molecule has 1 unspecified atom stereocenters. The molecular formula is C9H12N4O2S2. The van der Waals surface area contributed by atoms with Crippen molar-refractivity contribution in [1.29, 1.82) is 0 Å². The Labute approximate surface area is 107 Å². The third kappa shape index (κ3) is 2.27. The van der Waals surface area contributed by atoms with Crippen LogP contribution in [-0.2, 0) is 6.54 Å². The van der Waals surface area contributed by atoms with E-state index >= 15 is 0 Å². The van der Waals surface area contributed by atoms with Crippen LogP contribution in [0.5, 0.6) is 0 Å². The van der Waals surface area contributed by atoms with Gasteiger partial charge < -0.3 is 0 Å². The summed E-state index contributed by atoms with van der Waals surface area (Å²) in [5.41, 5.74) is -0.598.